The minimum absolute atomic E-state index is 0.179. The number of hydrogen-bond donors (Lipinski definition) is 1. The van der Waals surface area contributed by atoms with E-state index in [1.807, 2.05) is 18.2 Å². The standard InChI is InChI=1S/C20H25N3O3S/c1-22(2)27(25,26)19-10-8-17(9-11-19)20(24)21-14-16-12-13-23(15-16)18-6-4-3-5-7-18/h3-11,16H,12-15H2,1-2H3,(H,21,24). The van der Waals surface area contributed by atoms with Crippen molar-refractivity contribution in [1.29, 1.82) is 0 Å². The molecular weight excluding hydrogens is 362 g/mol. The highest BCUT2D eigenvalue weighted by molar-refractivity contribution is 7.89. The van der Waals surface area contributed by atoms with Gasteiger partial charge in [-0.15, -0.1) is 0 Å². The molecule has 6 nitrogen and oxygen atoms in total. The SMILES string of the molecule is CN(C)S(=O)(=O)c1ccc(C(=O)NCC2CCN(c3ccccc3)C2)cc1. The van der Waals surface area contributed by atoms with Crippen molar-refractivity contribution in [2.24, 2.45) is 5.92 Å². The normalized spacial score (nSPS) is 17.3. The molecule has 1 aliphatic rings. The van der Waals surface area contributed by atoms with Gasteiger partial charge in [0.25, 0.3) is 5.91 Å². The van der Waals surface area contributed by atoms with E-state index in [0.29, 0.717) is 18.0 Å². The summed E-state index contributed by atoms with van der Waals surface area (Å²) in [6.07, 6.45) is 1.04. The van der Waals surface area contributed by atoms with Gasteiger partial charge in [-0.3, -0.25) is 4.79 Å². The maximum absolute atomic E-state index is 12.4. The number of nitrogens with zero attached hydrogens (tertiary/aromatic N) is 2. The lowest BCUT2D eigenvalue weighted by Crippen LogP contribution is -2.31. The van der Waals surface area contributed by atoms with Gasteiger partial charge in [0.15, 0.2) is 0 Å². The van der Waals surface area contributed by atoms with Crippen LogP contribution >= 0.6 is 0 Å². The molecule has 7 heteroatoms. The third-order valence-corrected chi connectivity index (χ3v) is 6.68. The zero-order valence-corrected chi connectivity index (χ0v) is 16.4. The summed E-state index contributed by atoms with van der Waals surface area (Å²) >= 11 is 0. The molecule has 1 aliphatic heterocycles. The van der Waals surface area contributed by atoms with Gasteiger partial charge >= 0.3 is 0 Å². The number of carbonyl (C=O) groups excluding carboxylic acids is 1. The molecule has 27 heavy (non-hydrogen) atoms. The Morgan fingerprint density at radius 1 is 1.11 bits per heavy atom. The summed E-state index contributed by atoms with van der Waals surface area (Å²) in [7, 11) is -0.516. The van der Waals surface area contributed by atoms with Crippen molar-refractivity contribution >= 4 is 21.6 Å². The molecule has 3 rings (SSSR count). The first-order valence-corrected chi connectivity index (χ1v) is 10.4. The maximum atomic E-state index is 12.4. The Morgan fingerprint density at radius 3 is 2.41 bits per heavy atom. The lowest BCUT2D eigenvalue weighted by Gasteiger charge is -2.18. The highest BCUT2D eigenvalue weighted by Crippen LogP contribution is 2.23. The van der Waals surface area contributed by atoms with Crippen LogP contribution < -0.4 is 10.2 Å². The Labute approximate surface area is 160 Å². The molecular formula is C20H25N3O3S. The molecule has 1 N–H and O–H groups in total. The van der Waals surface area contributed by atoms with Gasteiger partial charge in [-0.1, -0.05) is 18.2 Å². The highest BCUT2D eigenvalue weighted by Gasteiger charge is 2.23. The van der Waals surface area contributed by atoms with Gasteiger partial charge in [0.2, 0.25) is 10.0 Å². The third-order valence-electron chi connectivity index (χ3n) is 4.85. The van der Waals surface area contributed by atoms with E-state index in [2.05, 4.69) is 22.3 Å². The Kier molecular flexibility index (Phi) is 5.82. The number of hydrogen-bond acceptors (Lipinski definition) is 4. The lowest BCUT2D eigenvalue weighted by molar-refractivity contribution is 0.0948. The Bertz CT molecular complexity index is 880. The van der Waals surface area contributed by atoms with Gasteiger partial charge in [0, 0.05) is 45.0 Å². The second-order valence-electron chi connectivity index (χ2n) is 6.96. The van der Waals surface area contributed by atoms with Gasteiger partial charge in [-0.05, 0) is 48.7 Å². The van der Waals surface area contributed by atoms with E-state index in [9.17, 15) is 13.2 Å². The van der Waals surface area contributed by atoms with E-state index in [-0.39, 0.29) is 10.8 Å². The summed E-state index contributed by atoms with van der Waals surface area (Å²) in [5, 5.41) is 2.97. The van der Waals surface area contributed by atoms with Crippen LogP contribution in [0.5, 0.6) is 0 Å². The van der Waals surface area contributed by atoms with Crippen molar-refractivity contribution in [1.82, 2.24) is 9.62 Å². The Hall–Kier alpha value is -2.38. The molecule has 1 fully saturated rings. The molecule has 2 aromatic rings. The van der Waals surface area contributed by atoms with Gasteiger partial charge in [-0.2, -0.15) is 0 Å². The van der Waals surface area contributed by atoms with Crippen LogP contribution in [0.1, 0.15) is 16.8 Å². The quantitative estimate of drug-likeness (QED) is 0.825. The fraction of sp³-hybridized carbons (Fsp3) is 0.350. The van der Waals surface area contributed by atoms with Gasteiger partial charge in [0.1, 0.15) is 0 Å². The predicted octanol–water partition coefficient (Wildman–Crippen LogP) is 2.19. The van der Waals surface area contributed by atoms with Gasteiger partial charge in [-0.25, -0.2) is 12.7 Å². The number of carbonyl (C=O) groups is 1. The molecule has 1 atom stereocenters. The molecule has 1 saturated heterocycles. The van der Waals surface area contributed by atoms with Gasteiger partial charge < -0.3 is 10.2 Å². The number of anilines is 1. The average Bonchev–Trinajstić information content (AvgIpc) is 3.16. The van der Waals surface area contributed by atoms with E-state index in [1.165, 1.54) is 31.9 Å². The largest absolute Gasteiger partial charge is 0.371 e. The van der Waals surface area contributed by atoms with E-state index in [4.69, 9.17) is 0 Å². The van der Waals surface area contributed by atoms with Crippen LogP contribution in [0.2, 0.25) is 0 Å². The highest BCUT2D eigenvalue weighted by atomic mass is 32.2. The zero-order chi connectivity index (χ0) is 19.4. The van der Waals surface area contributed by atoms with E-state index in [0.717, 1.165) is 23.8 Å². The minimum atomic E-state index is -3.48. The van der Waals surface area contributed by atoms with Crippen LogP contribution in [0.4, 0.5) is 5.69 Å². The number of benzene rings is 2. The summed E-state index contributed by atoms with van der Waals surface area (Å²) < 4.78 is 25.3. The van der Waals surface area contributed by atoms with Crippen LogP contribution in [0.15, 0.2) is 59.5 Å². The first-order valence-electron chi connectivity index (χ1n) is 8.98. The van der Waals surface area contributed by atoms with Crippen LogP contribution in [-0.4, -0.2) is 52.4 Å². The number of amides is 1. The van der Waals surface area contributed by atoms with Crippen LogP contribution in [0.3, 0.4) is 0 Å². The van der Waals surface area contributed by atoms with E-state index >= 15 is 0 Å². The number of nitrogens with one attached hydrogen (secondary N) is 1. The van der Waals surface area contributed by atoms with Gasteiger partial charge in [0.05, 0.1) is 4.90 Å². The van der Waals surface area contributed by atoms with Crippen LogP contribution in [-0.2, 0) is 10.0 Å². The summed E-state index contributed by atoms with van der Waals surface area (Å²) in [6.45, 7) is 2.52. The number of sulfonamides is 1. The van der Waals surface area contributed by atoms with Crippen LogP contribution in [0, 0.1) is 5.92 Å². The molecule has 0 radical (unpaired) electrons. The maximum Gasteiger partial charge on any atom is 0.251 e. The van der Waals surface area contributed by atoms with E-state index < -0.39 is 10.0 Å². The van der Waals surface area contributed by atoms with Crippen molar-refractivity contribution in [3.8, 4) is 0 Å². The molecule has 0 bridgehead atoms. The number of rotatable bonds is 6. The van der Waals surface area contributed by atoms with Crippen molar-refractivity contribution in [2.75, 3.05) is 38.6 Å². The third kappa shape index (κ3) is 4.48. The Morgan fingerprint density at radius 2 is 1.78 bits per heavy atom. The molecule has 1 unspecified atom stereocenters. The minimum Gasteiger partial charge on any atom is -0.371 e. The topological polar surface area (TPSA) is 69.7 Å². The molecule has 0 aliphatic carbocycles. The zero-order valence-electron chi connectivity index (χ0n) is 15.6. The lowest BCUT2D eigenvalue weighted by atomic mass is 10.1. The average molecular weight is 388 g/mol. The fourth-order valence-corrected chi connectivity index (χ4v) is 4.10. The predicted molar refractivity (Wildman–Crippen MR) is 106 cm³/mol. The summed E-state index contributed by atoms with van der Waals surface area (Å²) in [4.78, 5) is 14.9. The first kappa shape index (κ1) is 19.4. The molecule has 2 aromatic carbocycles. The molecule has 0 spiro atoms. The number of para-hydroxylation sites is 1. The second-order valence-corrected chi connectivity index (χ2v) is 9.11. The Balaban J connectivity index is 1.54. The monoisotopic (exact) mass is 387 g/mol. The van der Waals surface area contributed by atoms with Crippen molar-refractivity contribution in [3.63, 3.8) is 0 Å². The van der Waals surface area contributed by atoms with E-state index in [1.54, 1.807) is 12.1 Å². The van der Waals surface area contributed by atoms with Crippen molar-refractivity contribution < 1.29 is 13.2 Å². The first-order chi connectivity index (χ1) is 12.9. The van der Waals surface area contributed by atoms with Crippen LogP contribution in [0.25, 0.3) is 0 Å². The summed E-state index contributed by atoms with van der Waals surface area (Å²) in [5.74, 6) is 0.226. The summed E-state index contributed by atoms with van der Waals surface area (Å²) in [5.41, 5.74) is 1.68. The molecule has 144 valence electrons. The van der Waals surface area contributed by atoms with Crippen molar-refractivity contribution in [3.05, 3.63) is 60.2 Å². The van der Waals surface area contributed by atoms with Crippen molar-refractivity contribution in [2.45, 2.75) is 11.3 Å². The second kappa shape index (κ2) is 8.10. The molecule has 0 aromatic heterocycles. The molecule has 0 saturated carbocycles. The molecule has 1 heterocycles. The summed E-state index contributed by atoms with van der Waals surface area (Å²) in [6, 6.07) is 16.3. The fourth-order valence-electron chi connectivity index (χ4n) is 3.20. The molecule has 1 amide bonds. The smallest absolute Gasteiger partial charge is 0.251 e.